The fourth-order valence-electron chi connectivity index (χ4n) is 3.29. The summed E-state index contributed by atoms with van der Waals surface area (Å²) in [6, 6.07) is 4.97. The van der Waals surface area contributed by atoms with Gasteiger partial charge in [-0.3, -0.25) is 14.7 Å². The van der Waals surface area contributed by atoms with Crippen LogP contribution in [0.3, 0.4) is 0 Å². The standard InChI is InChI=1S/C18H21N3O3S/c1-20(11-13-3-2-6-19-10-13)15-4-7-21(16(9-15)18(23)24)17(22)14-5-8-25-12-14/h2-3,5-6,8,10,12,15-16H,4,7,9,11H2,1H3,(H,23,24)/t15-,16+/m0/s1. The number of carboxylic acid groups (broad SMARTS) is 1. The van der Waals surface area contributed by atoms with Crippen molar-refractivity contribution >= 4 is 23.2 Å². The van der Waals surface area contributed by atoms with Crippen molar-refractivity contribution in [2.24, 2.45) is 0 Å². The number of amides is 1. The number of aromatic nitrogens is 1. The van der Waals surface area contributed by atoms with Gasteiger partial charge in [0, 0.05) is 36.9 Å². The SMILES string of the molecule is CN(Cc1cccnc1)[C@H]1CCN(C(=O)c2ccsc2)[C@@H](C(=O)O)C1. The highest BCUT2D eigenvalue weighted by molar-refractivity contribution is 7.08. The van der Waals surface area contributed by atoms with Crippen LogP contribution < -0.4 is 0 Å². The van der Waals surface area contributed by atoms with Crippen LogP contribution in [0.2, 0.25) is 0 Å². The maximum absolute atomic E-state index is 12.6. The van der Waals surface area contributed by atoms with E-state index in [1.807, 2.05) is 30.8 Å². The van der Waals surface area contributed by atoms with Crippen LogP contribution in [-0.4, -0.2) is 57.4 Å². The second-order valence-electron chi connectivity index (χ2n) is 6.32. The zero-order chi connectivity index (χ0) is 17.8. The van der Waals surface area contributed by atoms with E-state index < -0.39 is 12.0 Å². The van der Waals surface area contributed by atoms with Gasteiger partial charge in [-0.1, -0.05) is 6.07 Å². The molecule has 25 heavy (non-hydrogen) atoms. The van der Waals surface area contributed by atoms with E-state index in [0.717, 1.165) is 12.0 Å². The van der Waals surface area contributed by atoms with Gasteiger partial charge in [-0.2, -0.15) is 11.3 Å². The van der Waals surface area contributed by atoms with Gasteiger partial charge in [0.15, 0.2) is 0 Å². The number of thiophene rings is 1. The summed E-state index contributed by atoms with van der Waals surface area (Å²) in [4.78, 5) is 32.1. The van der Waals surface area contributed by atoms with E-state index in [-0.39, 0.29) is 11.9 Å². The summed E-state index contributed by atoms with van der Waals surface area (Å²) in [7, 11) is 1.99. The molecule has 132 valence electrons. The van der Waals surface area contributed by atoms with Gasteiger partial charge in [-0.25, -0.2) is 4.79 Å². The Morgan fingerprint density at radius 2 is 2.28 bits per heavy atom. The summed E-state index contributed by atoms with van der Waals surface area (Å²) < 4.78 is 0. The Morgan fingerprint density at radius 1 is 1.44 bits per heavy atom. The number of pyridine rings is 1. The van der Waals surface area contributed by atoms with Crippen LogP contribution in [0.15, 0.2) is 41.4 Å². The molecule has 0 unspecified atom stereocenters. The molecule has 2 aromatic rings. The van der Waals surface area contributed by atoms with E-state index in [0.29, 0.717) is 25.1 Å². The zero-order valence-corrected chi connectivity index (χ0v) is 14.9. The molecule has 1 aliphatic heterocycles. The Balaban J connectivity index is 1.68. The minimum Gasteiger partial charge on any atom is -0.480 e. The normalized spacial score (nSPS) is 20.6. The van der Waals surface area contributed by atoms with Gasteiger partial charge < -0.3 is 10.0 Å². The number of likely N-dealkylation sites (tertiary alicyclic amines) is 1. The lowest BCUT2D eigenvalue weighted by Gasteiger charge is -2.40. The van der Waals surface area contributed by atoms with Crippen molar-refractivity contribution in [3.8, 4) is 0 Å². The van der Waals surface area contributed by atoms with Gasteiger partial charge in [0.25, 0.3) is 5.91 Å². The molecule has 3 heterocycles. The smallest absolute Gasteiger partial charge is 0.326 e. The molecule has 1 N–H and O–H groups in total. The van der Waals surface area contributed by atoms with Crippen LogP contribution in [0.1, 0.15) is 28.8 Å². The van der Waals surface area contributed by atoms with E-state index in [2.05, 4.69) is 9.88 Å². The molecular weight excluding hydrogens is 338 g/mol. The quantitative estimate of drug-likeness (QED) is 0.887. The Morgan fingerprint density at radius 3 is 2.92 bits per heavy atom. The monoisotopic (exact) mass is 359 g/mol. The van der Waals surface area contributed by atoms with E-state index >= 15 is 0 Å². The number of nitrogens with zero attached hydrogens (tertiary/aromatic N) is 3. The molecule has 0 aromatic carbocycles. The molecule has 3 rings (SSSR count). The lowest BCUT2D eigenvalue weighted by Crippen LogP contribution is -2.54. The third kappa shape index (κ3) is 4.05. The van der Waals surface area contributed by atoms with Crippen molar-refractivity contribution in [1.29, 1.82) is 0 Å². The van der Waals surface area contributed by atoms with Crippen molar-refractivity contribution in [3.63, 3.8) is 0 Å². The molecule has 2 aromatic heterocycles. The van der Waals surface area contributed by atoms with Gasteiger partial charge in [0.1, 0.15) is 6.04 Å². The highest BCUT2D eigenvalue weighted by atomic mass is 32.1. The van der Waals surface area contributed by atoms with Crippen LogP contribution >= 0.6 is 11.3 Å². The van der Waals surface area contributed by atoms with Gasteiger partial charge in [0.05, 0.1) is 5.56 Å². The van der Waals surface area contributed by atoms with Crippen LogP contribution in [0.4, 0.5) is 0 Å². The topological polar surface area (TPSA) is 73.7 Å². The highest BCUT2D eigenvalue weighted by Gasteiger charge is 2.37. The molecule has 1 aliphatic rings. The first-order valence-corrected chi connectivity index (χ1v) is 9.15. The van der Waals surface area contributed by atoms with Crippen molar-refractivity contribution in [2.75, 3.05) is 13.6 Å². The third-order valence-corrected chi connectivity index (χ3v) is 5.35. The number of aliphatic carboxylic acids is 1. The fraction of sp³-hybridized carbons (Fsp3) is 0.389. The number of carbonyl (C=O) groups is 2. The third-order valence-electron chi connectivity index (χ3n) is 4.67. The van der Waals surface area contributed by atoms with Crippen LogP contribution in [0, 0.1) is 0 Å². The summed E-state index contributed by atoms with van der Waals surface area (Å²) in [6.07, 6.45) is 4.75. The van der Waals surface area contributed by atoms with Crippen molar-refractivity contribution in [2.45, 2.75) is 31.5 Å². The second-order valence-corrected chi connectivity index (χ2v) is 7.10. The fourth-order valence-corrected chi connectivity index (χ4v) is 3.91. The first kappa shape index (κ1) is 17.6. The average molecular weight is 359 g/mol. The average Bonchev–Trinajstić information content (AvgIpc) is 3.16. The highest BCUT2D eigenvalue weighted by Crippen LogP contribution is 2.25. The molecule has 0 radical (unpaired) electrons. The lowest BCUT2D eigenvalue weighted by molar-refractivity contribution is -0.144. The zero-order valence-electron chi connectivity index (χ0n) is 14.0. The maximum atomic E-state index is 12.6. The van der Waals surface area contributed by atoms with Gasteiger partial charge in [-0.15, -0.1) is 0 Å². The van der Waals surface area contributed by atoms with Gasteiger partial charge in [-0.05, 0) is 43.0 Å². The van der Waals surface area contributed by atoms with Gasteiger partial charge in [0.2, 0.25) is 0 Å². The number of piperidine rings is 1. The van der Waals surface area contributed by atoms with E-state index in [1.165, 1.54) is 16.2 Å². The molecule has 0 spiro atoms. The number of rotatable bonds is 5. The molecule has 1 amide bonds. The predicted octanol–water partition coefficient (Wildman–Crippen LogP) is 2.33. The molecule has 0 aliphatic carbocycles. The summed E-state index contributed by atoms with van der Waals surface area (Å²) in [5.41, 5.74) is 1.66. The molecule has 7 heteroatoms. The summed E-state index contributed by atoms with van der Waals surface area (Å²) in [6.45, 7) is 1.16. The second kappa shape index (κ2) is 7.76. The number of carbonyl (C=O) groups excluding carboxylic acids is 1. The van der Waals surface area contributed by atoms with Crippen molar-refractivity contribution in [1.82, 2.24) is 14.8 Å². The largest absolute Gasteiger partial charge is 0.480 e. The predicted molar refractivity (Wildman–Crippen MR) is 95.5 cm³/mol. The molecule has 0 bridgehead atoms. The van der Waals surface area contributed by atoms with Crippen molar-refractivity contribution < 1.29 is 14.7 Å². The van der Waals surface area contributed by atoms with E-state index in [1.54, 1.807) is 17.6 Å². The number of hydrogen-bond donors (Lipinski definition) is 1. The molecule has 6 nitrogen and oxygen atoms in total. The maximum Gasteiger partial charge on any atom is 0.326 e. The minimum absolute atomic E-state index is 0.118. The van der Waals surface area contributed by atoms with Gasteiger partial charge >= 0.3 is 5.97 Å². The Labute approximate surface area is 150 Å². The first-order chi connectivity index (χ1) is 12.1. The van der Waals surface area contributed by atoms with E-state index in [4.69, 9.17) is 0 Å². The summed E-state index contributed by atoms with van der Waals surface area (Å²) in [5, 5.41) is 13.2. The van der Waals surface area contributed by atoms with E-state index in [9.17, 15) is 14.7 Å². The molecule has 2 atom stereocenters. The molecule has 1 saturated heterocycles. The Bertz CT molecular complexity index is 720. The lowest BCUT2D eigenvalue weighted by atomic mass is 9.95. The number of hydrogen-bond acceptors (Lipinski definition) is 5. The van der Waals surface area contributed by atoms with Crippen LogP contribution in [-0.2, 0) is 11.3 Å². The molecular formula is C18H21N3O3S. The minimum atomic E-state index is -0.942. The molecule has 0 saturated carbocycles. The summed E-state index contributed by atoms with van der Waals surface area (Å²) >= 11 is 1.44. The Kier molecular flexibility index (Phi) is 5.45. The summed E-state index contributed by atoms with van der Waals surface area (Å²) in [5.74, 6) is -1.13. The van der Waals surface area contributed by atoms with Crippen LogP contribution in [0.25, 0.3) is 0 Å². The first-order valence-electron chi connectivity index (χ1n) is 8.21. The van der Waals surface area contributed by atoms with Crippen molar-refractivity contribution in [3.05, 3.63) is 52.5 Å². The Hall–Kier alpha value is -2.25. The number of carboxylic acids is 1. The van der Waals surface area contributed by atoms with Crippen LogP contribution in [0.5, 0.6) is 0 Å². The molecule has 1 fully saturated rings.